The summed E-state index contributed by atoms with van der Waals surface area (Å²) in [4.78, 5) is 0. The largest absolute Gasteiger partial charge is 0.494 e. The lowest BCUT2D eigenvalue weighted by Gasteiger charge is -2.09. The van der Waals surface area contributed by atoms with Gasteiger partial charge < -0.3 is 10.5 Å². The fourth-order valence-corrected chi connectivity index (χ4v) is 2.01. The highest BCUT2D eigenvalue weighted by atomic mass is 35.5. The summed E-state index contributed by atoms with van der Waals surface area (Å²) in [6.07, 6.45) is 1.59. The topological polar surface area (TPSA) is 76.9 Å². The van der Waals surface area contributed by atoms with Gasteiger partial charge in [0.05, 0.1) is 13.2 Å². The van der Waals surface area contributed by atoms with E-state index in [0.29, 0.717) is 17.9 Å². The molecule has 2 aromatic rings. The van der Waals surface area contributed by atoms with Crippen LogP contribution in [0.2, 0.25) is 0 Å². The molecule has 1 heterocycles. The lowest BCUT2D eigenvalue weighted by molar-refractivity contribution is 0.335. The van der Waals surface area contributed by atoms with Crippen molar-refractivity contribution in [3.63, 3.8) is 0 Å². The smallest absolute Gasteiger partial charge is 0.143 e. The number of nitrogens with two attached hydrogens (primary N) is 1. The molecule has 0 fully saturated rings. The molecule has 0 atom stereocenters. The monoisotopic (exact) mass is 330 g/mol. The van der Waals surface area contributed by atoms with Crippen molar-refractivity contribution >= 4 is 18.2 Å². The summed E-state index contributed by atoms with van der Waals surface area (Å²) in [6, 6.07) is 2.29. The van der Waals surface area contributed by atoms with E-state index in [4.69, 9.17) is 15.9 Å². The van der Waals surface area contributed by atoms with E-state index in [1.807, 2.05) is 0 Å². The number of nitrogens with one attached hydrogen (secondary N) is 1. The molecule has 8 heteroatoms. The van der Waals surface area contributed by atoms with Crippen molar-refractivity contribution in [1.29, 1.82) is 5.41 Å². The van der Waals surface area contributed by atoms with E-state index in [9.17, 15) is 8.78 Å². The summed E-state index contributed by atoms with van der Waals surface area (Å²) in [7, 11) is 0. The van der Waals surface area contributed by atoms with Crippen LogP contribution in [-0.4, -0.2) is 22.2 Å². The van der Waals surface area contributed by atoms with Crippen molar-refractivity contribution in [3.05, 3.63) is 46.8 Å². The molecule has 3 N–H and O–H groups in total. The van der Waals surface area contributed by atoms with E-state index in [-0.39, 0.29) is 36.1 Å². The summed E-state index contributed by atoms with van der Waals surface area (Å²) in [5.74, 6) is -1.43. The van der Waals surface area contributed by atoms with E-state index in [0.717, 1.165) is 12.1 Å². The van der Waals surface area contributed by atoms with Gasteiger partial charge in [-0.15, -0.1) is 12.4 Å². The first-order valence-electron chi connectivity index (χ1n) is 6.41. The number of amidine groups is 1. The van der Waals surface area contributed by atoms with Crippen LogP contribution >= 0.6 is 12.4 Å². The highest BCUT2D eigenvalue weighted by molar-refractivity contribution is 5.94. The highest BCUT2D eigenvalue weighted by Gasteiger charge is 2.15. The number of aromatic nitrogens is 2. The van der Waals surface area contributed by atoms with Crippen LogP contribution in [0, 0.1) is 24.0 Å². The molecule has 0 saturated heterocycles. The predicted molar refractivity (Wildman–Crippen MR) is 81.9 cm³/mol. The quantitative estimate of drug-likeness (QED) is 0.653. The molecule has 0 aliphatic heterocycles. The lowest BCUT2D eigenvalue weighted by atomic mass is 10.2. The third-order valence-corrected chi connectivity index (χ3v) is 2.95. The standard InChI is InChI=1S/C14H16F2N4O.ClH/c1-3-21-9-4-11(15)10(12(16)5-9)7-20-6-8(2)13(19-20)14(17)18;/h4-6H,3,7H2,1-2H3,(H3,17,18);1H. The summed E-state index contributed by atoms with van der Waals surface area (Å²) in [5.41, 5.74) is 6.24. The van der Waals surface area contributed by atoms with Gasteiger partial charge in [0.1, 0.15) is 28.9 Å². The Kier molecular flexibility index (Phi) is 5.87. The van der Waals surface area contributed by atoms with Crippen LogP contribution in [0.3, 0.4) is 0 Å². The fraction of sp³-hybridized carbons (Fsp3) is 0.286. The molecular weight excluding hydrogens is 314 g/mol. The Bertz CT molecular complexity index is 664. The molecule has 1 aromatic heterocycles. The molecule has 0 saturated carbocycles. The van der Waals surface area contributed by atoms with Crippen LogP contribution in [0.5, 0.6) is 5.75 Å². The SMILES string of the molecule is CCOc1cc(F)c(Cn2cc(C)c(C(=N)N)n2)c(F)c1.Cl. The van der Waals surface area contributed by atoms with E-state index < -0.39 is 11.6 Å². The molecule has 2 rings (SSSR count). The number of benzene rings is 1. The minimum atomic E-state index is -0.698. The lowest BCUT2D eigenvalue weighted by Crippen LogP contribution is -2.14. The van der Waals surface area contributed by atoms with Crippen molar-refractivity contribution in [2.75, 3.05) is 6.61 Å². The summed E-state index contributed by atoms with van der Waals surface area (Å²) >= 11 is 0. The summed E-state index contributed by atoms with van der Waals surface area (Å²) in [6.45, 7) is 3.71. The van der Waals surface area contributed by atoms with Crippen LogP contribution in [0.1, 0.15) is 23.7 Å². The second-order valence-electron chi connectivity index (χ2n) is 4.57. The van der Waals surface area contributed by atoms with Gasteiger partial charge in [0, 0.05) is 23.9 Å². The van der Waals surface area contributed by atoms with Gasteiger partial charge in [0.15, 0.2) is 0 Å². The molecule has 1 aromatic carbocycles. The van der Waals surface area contributed by atoms with Gasteiger partial charge in [0.25, 0.3) is 0 Å². The zero-order chi connectivity index (χ0) is 15.6. The van der Waals surface area contributed by atoms with Crippen molar-refractivity contribution in [2.45, 2.75) is 20.4 Å². The average Bonchev–Trinajstić information content (AvgIpc) is 2.75. The number of nitrogens with zero attached hydrogens (tertiary/aromatic N) is 2. The highest BCUT2D eigenvalue weighted by Crippen LogP contribution is 2.22. The van der Waals surface area contributed by atoms with Crippen molar-refractivity contribution < 1.29 is 13.5 Å². The maximum atomic E-state index is 14.0. The Morgan fingerprint density at radius 2 is 1.95 bits per heavy atom. The van der Waals surface area contributed by atoms with Crippen molar-refractivity contribution in [2.24, 2.45) is 5.73 Å². The molecular formula is C14H17ClF2N4O. The number of hydrogen-bond donors (Lipinski definition) is 2. The van der Waals surface area contributed by atoms with Gasteiger partial charge in [-0.05, 0) is 19.4 Å². The zero-order valence-electron chi connectivity index (χ0n) is 12.2. The first kappa shape index (κ1) is 17.9. The van der Waals surface area contributed by atoms with Crippen LogP contribution < -0.4 is 10.5 Å². The van der Waals surface area contributed by atoms with Crippen LogP contribution in [0.4, 0.5) is 8.78 Å². The van der Waals surface area contributed by atoms with Crippen molar-refractivity contribution in [1.82, 2.24) is 9.78 Å². The predicted octanol–water partition coefficient (Wildman–Crippen LogP) is 2.62. The van der Waals surface area contributed by atoms with E-state index in [2.05, 4.69) is 5.10 Å². The number of hydrogen-bond acceptors (Lipinski definition) is 3. The number of nitrogen functional groups attached to an aromatic ring is 1. The van der Waals surface area contributed by atoms with E-state index >= 15 is 0 Å². The van der Waals surface area contributed by atoms with Crippen molar-refractivity contribution in [3.8, 4) is 5.75 Å². The number of ether oxygens (including phenoxy) is 1. The Morgan fingerprint density at radius 3 is 2.41 bits per heavy atom. The minimum Gasteiger partial charge on any atom is -0.494 e. The second kappa shape index (κ2) is 7.22. The van der Waals surface area contributed by atoms with Crippen LogP contribution in [0.25, 0.3) is 0 Å². The number of aryl methyl sites for hydroxylation is 1. The second-order valence-corrected chi connectivity index (χ2v) is 4.57. The minimum absolute atomic E-state index is 0. The van der Waals surface area contributed by atoms with Gasteiger partial charge in [-0.2, -0.15) is 5.10 Å². The number of halogens is 3. The Hall–Kier alpha value is -2.15. The Labute approximate surface area is 133 Å². The average molecular weight is 331 g/mol. The molecule has 0 amide bonds. The fourth-order valence-electron chi connectivity index (χ4n) is 2.01. The molecule has 0 unspecified atom stereocenters. The first-order chi connectivity index (χ1) is 9.92. The molecule has 0 aliphatic carbocycles. The molecule has 120 valence electrons. The van der Waals surface area contributed by atoms with Crippen LogP contribution in [0.15, 0.2) is 18.3 Å². The first-order valence-corrected chi connectivity index (χ1v) is 6.41. The maximum absolute atomic E-state index is 14.0. The Balaban J connectivity index is 0.00000242. The molecule has 22 heavy (non-hydrogen) atoms. The third kappa shape index (κ3) is 3.73. The van der Waals surface area contributed by atoms with Gasteiger partial charge >= 0.3 is 0 Å². The van der Waals surface area contributed by atoms with Gasteiger partial charge in [-0.3, -0.25) is 10.1 Å². The van der Waals surface area contributed by atoms with Gasteiger partial charge in [0.2, 0.25) is 0 Å². The van der Waals surface area contributed by atoms with Gasteiger partial charge in [-0.1, -0.05) is 0 Å². The van der Waals surface area contributed by atoms with Gasteiger partial charge in [-0.25, -0.2) is 8.78 Å². The molecule has 0 bridgehead atoms. The Morgan fingerprint density at radius 1 is 1.36 bits per heavy atom. The maximum Gasteiger partial charge on any atom is 0.143 e. The molecule has 0 aliphatic rings. The van der Waals surface area contributed by atoms with E-state index in [1.165, 1.54) is 4.68 Å². The zero-order valence-corrected chi connectivity index (χ0v) is 13.0. The number of rotatable bonds is 5. The normalized spacial score (nSPS) is 10.2. The molecule has 5 nitrogen and oxygen atoms in total. The molecule has 0 spiro atoms. The summed E-state index contributed by atoms with van der Waals surface area (Å²) in [5, 5.41) is 11.4. The third-order valence-electron chi connectivity index (χ3n) is 2.95. The van der Waals surface area contributed by atoms with E-state index in [1.54, 1.807) is 20.0 Å². The molecule has 0 radical (unpaired) electrons. The summed E-state index contributed by atoms with van der Waals surface area (Å²) < 4.78 is 34.4. The van der Waals surface area contributed by atoms with Crippen LogP contribution in [-0.2, 0) is 6.54 Å².